The molecule has 0 unspecified atom stereocenters. The fourth-order valence-electron chi connectivity index (χ4n) is 1.75. The first-order valence-electron chi connectivity index (χ1n) is 5.23. The second-order valence-electron chi connectivity index (χ2n) is 3.93. The third-order valence-corrected chi connectivity index (χ3v) is 5.32. The van der Waals surface area contributed by atoms with E-state index in [9.17, 15) is 19.8 Å². The maximum Gasteiger partial charge on any atom is 0.279 e. The summed E-state index contributed by atoms with van der Waals surface area (Å²) in [6, 6.07) is 2.75. The first-order valence-corrected chi connectivity index (χ1v) is 6.86. The highest BCUT2D eigenvalue weighted by Crippen LogP contribution is 2.58. The van der Waals surface area contributed by atoms with Gasteiger partial charge in [0.2, 0.25) is 0 Å². The van der Waals surface area contributed by atoms with E-state index in [1.54, 1.807) is 0 Å². The zero-order valence-corrected chi connectivity index (χ0v) is 11.3. The molecule has 19 heavy (non-hydrogen) atoms. The van der Waals surface area contributed by atoms with Crippen LogP contribution in [0.3, 0.4) is 0 Å². The van der Waals surface area contributed by atoms with Crippen LogP contribution in [0.1, 0.15) is 0 Å². The Morgan fingerprint density at radius 3 is 2.05 bits per heavy atom. The fraction of sp³-hybridized carbons (Fsp3) is 0.0909. The van der Waals surface area contributed by atoms with Crippen LogP contribution in [0.25, 0.3) is 0 Å². The summed E-state index contributed by atoms with van der Waals surface area (Å²) in [5.74, 6) is -0.874. The van der Waals surface area contributed by atoms with Gasteiger partial charge in [0, 0.05) is 7.05 Å². The molecular weight excluding hydrogens is 288 g/mol. The topological polar surface area (TPSA) is 89.9 Å². The number of phenolic OH excluding ortho intramolecular Hbond substituents is 2. The lowest BCUT2D eigenvalue weighted by Gasteiger charge is -2.04. The smallest absolute Gasteiger partial charge is 0.279 e. The van der Waals surface area contributed by atoms with Crippen molar-refractivity contribution in [3.05, 3.63) is 21.9 Å². The third kappa shape index (κ3) is 1.75. The first kappa shape index (κ1) is 12.2. The molecule has 2 amide bonds. The van der Waals surface area contributed by atoms with Crippen LogP contribution in [-0.2, 0) is 9.59 Å². The van der Waals surface area contributed by atoms with Gasteiger partial charge >= 0.3 is 0 Å². The number of benzene rings is 1. The molecule has 0 bridgehead atoms. The average Bonchev–Trinajstić information content (AvgIpc) is 2.88. The van der Waals surface area contributed by atoms with E-state index in [-0.39, 0.29) is 17.1 Å². The van der Waals surface area contributed by atoms with Crippen LogP contribution in [0, 0.1) is 0 Å². The van der Waals surface area contributed by atoms with E-state index in [4.69, 9.17) is 0 Å². The lowest BCUT2D eigenvalue weighted by Crippen LogP contribution is -2.31. The van der Waals surface area contributed by atoms with E-state index >= 15 is 0 Å². The Kier molecular flexibility index (Phi) is 2.64. The number of hydrogen-bond acceptors (Lipinski definition) is 6. The molecule has 1 saturated heterocycles. The van der Waals surface area contributed by atoms with Crippen LogP contribution >= 0.6 is 23.5 Å². The van der Waals surface area contributed by atoms with Crippen LogP contribution in [0.2, 0.25) is 0 Å². The van der Waals surface area contributed by atoms with E-state index in [2.05, 4.69) is 5.43 Å². The Hall–Kier alpha value is -1.80. The van der Waals surface area contributed by atoms with Crippen molar-refractivity contribution in [1.82, 2.24) is 10.4 Å². The fourth-order valence-corrected chi connectivity index (χ4v) is 4.34. The zero-order valence-electron chi connectivity index (χ0n) is 9.63. The molecule has 6 nitrogen and oxygen atoms in total. The van der Waals surface area contributed by atoms with Gasteiger partial charge in [0.05, 0.1) is 14.0 Å². The summed E-state index contributed by atoms with van der Waals surface area (Å²) in [5.41, 5.74) is 2.42. The summed E-state index contributed by atoms with van der Waals surface area (Å²) in [5, 5.41) is 20.6. The minimum absolute atomic E-state index is 0.0140. The molecule has 1 aromatic carbocycles. The number of nitrogens with one attached hydrogen (secondary N) is 1. The van der Waals surface area contributed by atoms with Crippen molar-refractivity contribution < 1.29 is 19.8 Å². The van der Waals surface area contributed by atoms with Crippen LogP contribution in [0.15, 0.2) is 31.7 Å². The Labute approximate surface area is 116 Å². The van der Waals surface area contributed by atoms with Gasteiger partial charge in [-0.3, -0.25) is 20.0 Å². The molecule has 2 aliphatic heterocycles. The summed E-state index contributed by atoms with van der Waals surface area (Å²) in [7, 11) is 1.46. The summed E-state index contributed by atoms with van der Waals surface area (Å²) in [6.45, 7) is 0. The molecule has 0 aromatic heterocycles. The molecule has 0 aliphatic carbocycles. The van der Waals surface area contributed by atoms with E-state index in [1.165, 1.54) is 19.2 Å². The molecular formula is C11H8N2O4S2. The predicted octanol–water partition coefficient (Wildman–Crippen LogP) is 1.01. The second kappa shape index (κ2) is 4.10. The molecule has 2 heterocycles. The number of thioether (sulfide) groups is 2. The number of rotatable bonds is 0. The van der Waals surface area contributed by atoms with Gasteiger partial charge in [0.25, 0.3) is 11.8 Å². The maximum absolute atomic E-state index is 11.9. The van der Waals surface area contributed by atoms with E-state index in [0.717, 1.165) is 28.5 Å². The van der Waals surface area contributed by atoms with Gasteiger partial charge in [-0.25, -0.2) is 0 Å². The van der Waals surface area contributed by atoms with Crippen molar-refractivity contribution in [2.75, 3.05) is 7.05 Å². The van der Waals surface area contributed by atoms with Crippen LogP contribution in [0.4, 0.5) is 0 Å². The second-order valence-corrected chi connectivity index (χ2v) is 6.23. The Morgan fingerprint density at radius 1 is 1.11 bits per heavy atom. The zero-order chi connectivity index (χ0) is 13.7. The largest absolute Gasteiger partial charge is 0.507 e. The summed E-state index contributed by atoms with van der Waals surface area (Å²) in [4.78, 5) is 24.5. The van der Waals surface area contributed by atoms with Gasteiger partial charge in [0.1, 0.15) is 17.1 Å². The molecule has 0 saturated carbocycles. The number of fused-ring (bicyclic) bond motifs is 1. The number of likely N-dealkylation sites (N-methyl/N-ethyl adjacent to an activating group) is 1. The van der Waals surface area contributed by atoms with Gasteiger partial charge in [-0.05, 0) is 12.1 Å². The predicted molar refractivity (Wildman–Crippen MR) is 69.4 cm³/mol. The molecule has 0 radical (unpaired) electrons. The lowest BCUT2D eigenvalue weighted by molar-refractivity contribution is -0.126. The quantitative estimate of drug-likeness (QED) is 0.376. The van der Waals surface area contributed by atoms with Crippen molar-refractivity contribution in [1.29, 1.82) is 0 Å². The molecule has 0 atom stereocenters. The Bertz CT molecular complexity index is 623. The highest BCUT2D eigenvalue weighted by molar-refractivity contribution is 8.25. The third-order valence-electron chi connectivity index (χ3n) is 2.68. The first-order chi connectivity index (χ1) is 8.99. The highest BCUT2D eigenvalue weighted by Gasteiger charge is 2.38. The molecule has 2 aliphatic rings. The molecule has 98 valence electrons. The van der Waals surface area contributed by atoms with Crippen LogP contribution < -0.4 is 5.43 Å². The van der Waals surface area contributed by atoms with E-state index < -0.39 is 11.8 Å². The molecule has 0 spiro atoms. The van der Waals surface area contributed by atoms with Crippen molar-refractivity contribution in [2.45, 2.75) is 9.79 Å². The summed E-state index contributed by atoms with van der Waals surface area (Å²) < 4.78 is 0.457. The number of aromatic hydroxyl groups is 2. The van der Waals surface area contributed by atoms with E-state index in [0.29, 0.717) is 14.0 Å². The van der Waals surface area contributed by atoms with Crippen LogP contribution in [-0.4, -0.2) is 34.1 Å². The van der Waals surface area contributed by atoms with Crippen molar-refractivity contribution in [3.8, 4) is 11.5 Å². The van der Waals surface area contributed by atoms with Crippen molar-refractivity contribution in [3.63, 3.8) is 0 Å². The van der Waals surface area contributed by atoms with E-state index in [1.807, 2.05) is 0 Å². The molecule has 3 N–H and O–H groups in total. The number of carbonyl (C=O) groups excluding carboxylic acids is 2. The standard InChI is InChI=1S/C11H8N2O4S2/c1-13-10(17)6(9(16)12-13)11-18-7-4(14)2-3-5(15)8(7)19-11/h2-3,14-15H,1H3,(H,12,16). The summed E-state index contributed by atoms with van der Waals surface area (Å²) >= 11 is 2.22. The number of amides is 2. The van der Waals surface area contributed by atoms with Gasteiger partial charge in [-0.2, -0.15) is 0 Å². The minimum Gasteiger partial charge on any atom is -0.507 e. The monoisotopic (exact) mass is 296 g/mol. The lowest BCUT2D eigenvalue weighted by atomic mass is 10.3. The SMILES string of the molecule is CN1NC(=O)C(=C2Sc3c(O)ccc(O)c3S2)C1=O. The number of phenols is 2. The maximum atomic E-state index is 11.9. The van der Waals surface area contributed by atoms with Gasteiger partial charge in [-0.15, -0.1) is 0 Å². The minimum atomic E-state index is -0.478. The number of nitrogens with zero attached hydrogens (tertiary/aromatic N) is 1. The number of carbonyl (C=O) groups is 2. The normalized spacial score (nSPS) is 18.1. The molecule has 3 rings (SSSR count). The van der Waals surface area contributed by atoms with Gasteiger partial charge in [-0.1, -0.05) is 23.5 Å². The van der Waals surface area contributed by atoms with Crippen LogP contribution in [0.5, 0.6) is 11.5 Å². The number of hydrazine groups is 1. The summed E-state index contributed by atoms with van der Waals surface area (Å²) in [6.07, 6.45) is 0. The molecule has 8 heteroatoms. The van der Waals surface area contributed by atoms with Gasteiger partial charge in [0.15, 0.2) is 0 Å². The molecule has 1 aromatic rings. The number of hydrogen-bond donors (Lipinski definition) is 3. The van der Waals surface area contributed by atoms with Gasteiger partial charge < -0.3 is 10.2 Å². The Balaban J connectivity index is 2.09. The van der Waals surface area contributed by atoms with Crippen molar-refractivity contribution in [2.24, 2.45) is 0 Å². The Morgan fingerprint density at radius 2 is 1.63 bits per heavy atom. The highest BCUT2D eigenvalue weighted by atomic mass is 32.2. The van der Waals surface area contributed by atoms with Crippen molar-refractivity contribution >= 4 is 35.3 Å². The average molecular weight is 296 g/mol. The molecule has 1 fully saturated rings.